The van der Waals surface area contributed by atoms with Crippen molar-refractivity contribution in [3.8, 4) is 11.5 Å². The third kappa shape index (κ3) is 3.09. The minimum atomic E-state index is -0.237. The summed E-state index contributed by atoms with van der Waals surface area (Å²) in [6.07, 6.45) is 3.85. The van der Waals surface area contributed by atoms with Gasteiger partial charge in [0, 0.05) is 22.2 Å². The number of halogens is 2. The van der Waals surface area contributed by atoms with Crippen LogP contribution in [0.15, 0.2) is 36.1 Å². The van der Waals surface area contributed by atoms with Gasteiger partial charge in [-0.15, -0.1) is 0 Å². The zero-order chi connectivity index (χ0) is 18.3. The van der Waals surface area contributed by atoms with E-state index in [2.05, 4.69) is 4.90 Å². The SMILES string of the molecule is O=C1/C(=C\c2c(Cl)cccc2Cl)Oc2c1ccc(O)c2CN1CCCC1. The van der Waals surface area contributed by atoms with Gasteiger partial charge in [0.05, 0.1) is 11.1 Å². The predicted molar refractivity (Wildman–Crippen MR) is 102 cm³/mol. The van der Waals surface area contributed by atoms with Crippen molar-refractivity contribution in [3.05, 3.63) is 62.8 Å². The number of ketones is 1. The van der Waals surface area contributed by atoms with E-state index < -0.39 is 0 Å². The van der Waals surface area contributed by atoms with Crippen LogP contribution in [0.25, 0.3) is 6.08 Å². The topological polar surface area (TPSA) is 49.8 Å². The van der Waals surface area contributed by atoms with Crippen LogP contribution < -0.4 is 4.74 Å². The Bertz CT molecular complexity index is 897. The van der Waals surface area contributed by atoms with E-state index in [4.69, 9.17) is 27.9 Å². The quantitative estimate of drug-likeness (QED) is 0.757. The van der Waals surface area contributed by atoms with Gasteiger partial charge in [0.1, 0.15) is 11.5 Å². The number of phenolic OH excluding ortho intramolecular Hbond substituents is 1. The van der Waals surface area contributed by atoms with Crippen LogP contribution in [0.4, 0.5) is 0 Å². The van der Waals surface area contributed by atoms with Crippen molar-refractivity contribution in [2.24, 2.45) is 0 Å². The van der Waals surface area contributed by atoms with E-state index in [1.165, 1.54) is 0 Å². The fourth-order valence-electron chi connectivity index (χ4n) is 3.39. The molecule has 2 aromatic carbocycles. The molecule has 4 nitrogen and oxygen atoms in total. The van der Waals surface area contributed by atoms with E-state index in [9.17, 15) is 9.90 Å². The van der Waals surface area contributed by atoms with Gasteiger partial charge < -0.3 is 9.84 Å². The monoisotopic (exact) mass is 389 g/mol. The third-order valence-corrected chi connectivity index (χ3v) is 5.43. The molecular weight excluding hydrogens is 373 g/mol. The lowest BCUT2D eigenvalue weighted by Crippen LogP contribution is -2.18. The summed E-state index contributed by atoms with van der Waals surface area (Å²) in [7, 11) is 0. The van der Waals surface area contributed by atoms with Crippen molar-refractivity contribution in [3.63, 3.8) is 0 Å². The van der Waals surface area contributed by atoms with E-state index >= 15 is 0 Å². The van der Waals surface area contributed by atoms with Crippen LogP contribution in [0.3, 0.4) is 0 Å². The lowest BCUT2D eigenvalue weighted by atomic mass is 10.0. The van der Waals surface area contributed by atoms with E-state index in [1.807, 2.05) is 0 Å². The number of hydrogen-bond donors (Lipinski definition) is 1. The Morgan fingerprint density at radius 2 is 1.81 bits per heavy atom. The Kier molecular flexibility index (Phi) is 4.65. The molecule has 2 aliphatic heterocycles. The molecule has 134 valence electrons. The number of hydrogen-bond acceptors (Lipinski definition) is 4. The molecule has 26 heavy (non-hydrogen) atoms. The van der Waals surface area contributed by atoms with Crippen molar-refractivity contribution in [1.29, 1.82) is 0 Å². The first kappa shape index (κ1) is 17.4. The number of nitrogens with zero attached hydrogens (tertiary/aromatic N) is 1. The fraction of sp³-hybridized carbons (Fsp3) is 0.250. The molecule has 2 aliphatic rings. The molecule has 6 heteroatoms. The molecule has 0 unspecified atom stereocenters. The maximum atomic E-state index is 12.7. The molecule has 2 heterocycles. The zero-order valence-corrected chi connectivity index (χ0v) is 15.5. The lowest BCUT2D eigenvalue weighted by molar-refractivity contribution is 0.101. The number of allylic oxidation sites excluding steroid dienone is 1. The fourth-order valence-corrected chi connectivity index (χ4v) is 3.90. The summed E-state index contributed by atoms with van der Waals surface area (Å²) in [5.74, 6) is 0.485. The van der Waals surface area contributed by atoms with Crippen LogP contribution in [-0.4, -0.2) is 28.9 Å². The summed E-state index contributed by atoms with van der Waals surface area (Å²) in [4.78, 5) is 15.0. The van der Waals surface area contributed by atoms with E-state index in [1.54, 1.807) is 36.4 Å². The molecule has 4 rings (SSSR count). The maximum absolute atomic E-state index is 12.7. The predicted octanol–water partition coefficient (Wildman–Crippen LogP) is 4.91. The molecule has 1 N–H and O–H groups in total. The van der Waals surface area contributed by atoms with Gasteiger partial charge in [0.25, 0.3) is 0 Å². The van der Waals surface area contributed by atoms with Crippen LogP contribution >= 0.6 is 23.2 Å². The molecule has 0 aromatic heterocycles. The molecule has 0 bridgehead atoms. The third-order valence-electron chi connectivity index (χ3n) is 4.77. The molecule has 0 spiro atoms. The van der Waals surface area contributed by atoms with Gasteiger partial charge in [-0.2, -0.15) is 0 Å². The van der Waals surface area contributed by atoms with Crippen molar-refractivity contribution < 1.29 is 14.6 Å². The summed E-state index contributed by atoms with van der Waals surface area (Å²) >= 11 is 12.4. The molecule has 0 atom stereocenters. The van der Waals surface area contributed by atoms with Gasteiger partial charge in [-0.3, -0.25) is 9.69 Å². The van der Waals surface area contributed by atoms with Crippen LogP contribution in [0.2, 0.25) is 10.0 Å². The first-order valence-electron chi connectivity index (χ1n) is 8.50. The summed E-state index contributed by atoms with van der Waals surface area (Å²) < 4.78 is 5.86. The number of Topliss-reactive ketones (excluding diaryl/α,β-unsaturated/α-hetero) is 1. The van der Waals surface area contributed by atoms with Crippen LogP contribution in [-0.2, 0) is 6.54 Å². The highest BCUT2D eigenvalue weighted by atomic mass is 35.5. The highest BCUT2D eigenvalue weighted by molar-refractivity contribution is 6.37. The first-order valence-corrected chi connectivity index (χ1v) is 9.25. The minimum Gasteiger partial charge on any atom is -0.507 e. The summed E-state index contributed by atoms with van der Waals surface area (Å²) in [6.45, 7) is 2.52. The average Bonchev–Trinajstić information content (AvgIpc) is 3.23. The summed E-state index contributed by atoms with van der Waals surface area (Å²) in [6, 6.07) is 8.30. The van der Waals surface area contributed by atoms with E-state index in [0.717, 1.165) is 25.9 Å². The van der Waals surface area contributed by atoms with Gasteiger partial charge in [-0.05, 0) is 56.3 Å². The molecule has 0 radical (unpaired) electrons. The van der Waals surface area contributed by atoms with Crippen molar-refractivity contribution in [2.45, 2.75) is 19.4 Å². The van der Waals surface area contributed by atoms with Crippen LogP contribution in [0.1, 0.15) is 34.3 Å². The number of rotatable bonds is 3. The normalized spacial score (nSPS) is 18.4. The number of carbonyl (C=O) groups is 1. The second-order valence-corrected chi connectivity index (χ2v) is 7.31. The number of aromatic hydroxyl groups is 1. The molecule has 2 aromatic rings. The maximum Gasteiger partial charge on any atom is 0.231 e. The number of benzene rings is 2. The lowest BCUT2D eigenvalue weighted by Gasteiger charge is -2.17. The second-order valence-electron chi connectivity index (χ2n) is 6.50. The highest BCUT2D eigenvalue weighted by Gasteiger charge is 2.32. The Morgan fingerprint density at radius 1 is 1.12 bits per heavy atom. The summed E-state index contributed by atoms with van der Waals surface area (Å²) in [5, 5.41) is 11.2. The number of carbonyl (C=O) groups excluding carboxylic acids is 1. The molecule has 0 saturated carbocycles. The Hall–Kier alpha value is -2.01. The first-order chi connectivity index (χ1) is 12.5. The molecular formula is C20H17Cl2NO3. The average molecular weight is 390 g/mol. The largest absolute Gasteiger partial charge is 0.507 e. The Labute approximate surface area is 161 Å². The number of phenols is 1. The number of ether oxygens (including phenoxy) is 1. The van der Waals surface area contributed by atoms with Crippen molar-refractivity contribution in [2.75, 3.05) is 13.1 Å². The van der Waals surface area contributed by atoms with Gasteiger partial charge in [0.2, 0.25) is 5.78 Å². The Balaban J connectivity index is 1.72. The van der Waals surface area contributed by atoms with E-state index in [0.29, 0.717) is 39.0 Å². The molecule has 0 aliphatic carbocycles. The van der Waals surface area contributed by atoms with Gasteiger partial charge in [-0.1, -0.05) is 29.3 Å². The van der Waals surface area contributed by atoms with Crippen molar-refractivity contribution in [1.82, 2.24) is 4.90 Å². The number of fused-ring (bicyclic) bond motifs is 1. The molecule has 0 amide bonds. The molecule has 1 fully saturated rings. The van der Waals surface area contributed by atoms with Gasteiger partial charge in [0.15, 0.2) is 5.76 Å². The van der Waals surface area contributed by atoms with Gasteiger partial charge >= 0.3 is 0 Å². The summed E-state index contributed by atoms with van der Waals surface area (Å²) in [5.41, 5.74) is 1.63. The van der Waals surface area contributed by atoms with Crippen LogP contribution in [0, 0.1) is 0 Å². The van der Waals surface area contributed by atoms with E-state index in [-0.39, 0.29) is 17.3 Å². The zero-order valence-electron chi connectivity index (χ0n) is 14.0. The second kappa shape index (κ2) is 6.95. The standard InChI is InChI=1S/C20H17Cl2NO3/c21-15-4-3-5-16(22)13(15)10-18-19(25)12-6-7-17(24)14(20(12)26-18)11-23-8-1-2-9-23/h3-7,10,24H,1-2,8-9,11H2/b18-10+. The highest BCUT2D eigenvalue weighted by Crippen LogP contribution is 2.41. The Morgan fingerprint density at radius 3 is 2.50 bits per heavy atom. The minimum absolute atomic E-state index is 0.139. The number of likely N-dealkylation sites (tertiary alicyclic amines) is 1. The van der Waals surface area contributed by atoms with Gasteiger partial charge in [-0.25, -0.2) is 0 Å². The van der Waals surface area contributed by atoms with Crippen molar-refractivity contribution >= 4 is 35.1 Å². The van der Waals surface area contributed by atoms with Crippen LogP contribution in [0.5, 0.6) is 11.5 Å². The molecule has 1 saturated heterocycles. The smallest absolute Gasteiger partial charge is 0.231 e.